The van der Waals surface area contributed by atoms with Crippen LogP contribution in [0, 0.1) is 5.92 Å². The van der Waals surface area contributed by atoms with Crippen LogP contribution in [0.3, 0.4) is 0 Å². The topological polar surface area (TPSA) is 66.8 Å². The first-order valence-corrected chi connectivity index (χ1v) is 7.65. The molecule has 0 aliphatic carbocycles. The van der Waals surface area contributed by atoms with Crippen molar-refractivity contribution in [3.63, 3.8) is 0 Å². The lowest BCUT2D eigenvalue weighted by atomic mass is 10.0. The molecule has 2 rings (SSSR count). The zero-order valence-corrected chi connectivity index (χ0v) is 13.5. The molecular weight excluding hydrogens is 339 g/mol. The van der Waals surface area contributed by atoms with Crippen molar-refractivity contribution in [3.05, 3.63) is 42.0 Å². The summed E-state index contributed by atoms with van der Waals surface area (Å²) in [5, 5.41) is 9.15. The molecule has 1 N–H and O–H groups in total. The highest BCUT2D eigenvalue weighted by molar-refractivity contribution is 5.98. The summed E-state index contributed by atoms with van der Waals surface area (Å²) in [6.45, 7) is 5.22. The van der Waals surface area contributed by atoms with E-state index >= 15 is 0 Å². The van der Waals surface area contributed by atoms with Gasteiger partial charge in [0.05, 0.1) is 17.0 Å². The lowest BCUT2D eigenvalue weighted by molar-refractivity contribution is -0.142. The van der Waals surface area contributed by atoms with Gasteiger partial charge in [-0.1, -0.05) is 12.7 Å². The monoisotopic (exact) mass is 357 g/mol. The van der Waals surface area contributed by atoms with Gasteiger partial charge in [-0.3, -0.25) is 9.59 Å². The third-order valence-corrected chi connectivity index (χ3v) is 4.23. The molecule has 2 unspecified atom stereocenters. The number of rotatable bonds is 5. The van der Waals surface area contributed by atoms with Gasteiger partial charge in [-0.2, -0.15) is 13.2 Å². The number of likely N-dealkylation sites (tertiary alicyclic amines) is 1. The normalized spacial score (nSPS) is 20.4. The van der Waals surface area contributed by atoms with E-state index in [4.69, 9.17) is 9.84 Å². The van der Waals surface area contributed by atoms with E-state index in [-0.39, 0.29) is 30.9 Å². The molecule has 1 aromatic rings. The number of aliphatic carboxylic acids is 1. The molecule has 8 heteroatoms. The summed E-state index contributed by atoms with van der Waals surface area (Å²) >= 11 is 0. The van der Waals surface area contributed by atoms with Crippen molar-refractivity contribution in [3.8, 4) is 5.75 Å². The van der Waals surface area contributed by atoms with Gasteiger partial charge in [0.1, 0.15) is 12.4 Å². The van der Waals surface area contributed by atoms with Crippen LogP contribution >= 0.6 is 0 Å². The van der Waals surface area contributed by atoms with Crippen molar-refractivity contribution in [1.82, 2.24) is 4.90 Å². The molecular formula is C17H18F3NO4. The summed E-state index contributed by atoms with van der Waals surface area (Å²) in [5.74, 6) is -2.45. The number of amides is 1. The molecule has 1 amide bonds. The van der Waals surface area contributed by atoms with Crippen LogP contribution in [-0.2, 0) is 11.0 Å². The maximum Gasteiger partial charge on any atom is 0.416 e. The second-order valence-electron chi connectivity index (χ2n) is 5.78. The number of carboxylic acid groups (broad SMARTS) is 1. The zero-order valence-electron chi connectivity index (χ0n) is 13.5. The average molecular weight is 357 g/mol. The standard InChI is InChI=1S/C17H18F3NO4/c1-3-8-25-14-5-4-11(17(18,19)20)9-13(14)15(22)21-7-6-12(10(21)2)16(23)24/h3-5,9-10,12H,1,6-8H2,2H3,(H,23,24). The molecule has 1 aromatic carbocycles. The minimum atomic E-state index is -4.60. The van der Waals surface area contributed by atoms with Crippen LogP contribution in [0.25, 0.3) is 0 Å². The number of carboxylic acids is 1. The molecule has 1 heterocycles. The van der Waals surface area contributed by atoms with E-state index in [0.29, 0.717) is 0 Å². The van der Waals surface area contributed by atoms with Gasteiger partial charge >= 0.3 is 12.1 Å². The number of halogens is 3. The van der Waals surface area contributed by atoms with Crippen molar-refractivity contribution in [2.45, 2.75) is 25.6 Å². The van der Waals surface area contributed by atoms with Gasteiger partial charge in [-0.05, 0) is 31.5 Å². The number of benzene rings is 1. The van der Waals surface area contributed by atoms with Crippen LogP contribution in [0.5, 0.6) is 5.75 Å². The smallest absolute Gasteiger partial charge is 0.416 e. The summed E-state index contributed by atoms with van der Waals surface area (Å²) in [6.07, 6.45) is -2.94. The van der Waals surface area contributed by atoms with Gasteiger partial charge in [0.25, 0.3) is 5.91 Å². The molecule has 136 valence electrons. The SMILES string of the molecule is C=CCOc1ccc(C(F)(F)F)cc1C(=O)N1CCC(C(=O)O)C1C. The van der Waals surface area contributed by atoms with E-state index in [2.05, 4.69) is 6.58 Å². The van der Waals surface area contributed by atoms with Gasteiger partial charge in [0.2, 0.25) is 0 Å². The summed E-state index contributed by atoms with van der Waals surface area (Å²) < 4.78 is 44.2. The third kappa shape index (κ3) is 3.94. The minimum absolute atomic E-state index is 0.00359. The van der Waals surface area contributed by atoms with Crippen LogP contribution < -0.4 is 4.74 Å². The Morgan fingerprint density at radius 2 is 2.12 bits per heavy atom. The number of nitrogens with zero attached hydrogens (tertiary/aromatic N) is 1. The number of alkyl halides is 3. The second-order valence-corrected chi connectivity index (χ2v) is 5.78. The summed E-state index contributed by atoms with van der Waals surface area (Å²) in [6, 6.07) is 2.05. The number of hydrogen-bond donors (Lipinski definition) is 1. The molecule has 0 aromatic heterocycles. The van der Waals surface area contributed by atoms with Gasteiger partial charge in [-0.25, -0.2) is 0 Å². The molecule has 1 aliphatic rings. The highest BCUT2D eigenvalue weighted by Crippen LogP contribution is 2.34. The Bertz CT molecular complexity index is 687. The van der Waals surface area contributed by atoms with Crippen molar-refractivity contribution in [2.75, 3.05) is 13.2 Å². The number of carbonyl (C=O) groups is 2. The fraction of sp³-hybridized carbons (Fsp3) is 0.412. The first kappa shape index (κ1) is 18.8. The average Bonchev–Trinajstić information content (AvgIpc) is 2.93. The molecule has 25 heavy (non-hydrogen) atoms. The molecule has 0 saturated carbocycles. The number of hydrogen-bond acceptors (Lipinski definition) is 3. The fourth-order valence-corrected chi connectivity index (χ4v) is 2.86. The maximum atomic E-state index is 13.0. The molecule has 5 nitrogen and oxygen atoms in total. The molecule has 0 spiro atoms. The van der Waals surface area contributed by atoms with Crippen LogP contribution in [0.15, 0.2) is 30.9 Å². The Morgan fingerprint density at radius 1 is 1.44 bits per heavy atom. The lowest BCUT2D eigenvalue weighted by Gasteiger charge is -2.24. The van der Waals surface area contributed by atoms with E-state index < -0.39 is 35.6 Å². The predicted octanol–water partition coefficient (Wildman–Crippen LogP) is 3.21. The van der Waals surface area contributed by atoms with Gasteiger partial charge < -0.3 is 14.7 Å². The van der Waals surface area contributed by atoms with Gasteiger partial charge in [-0.15, -0.1) is 0 Å². The van der Waals surface area contributed by atoms with E-state index in [1.807, 2.05) is 0 Å². The molecule has 0 bridgehead atoms. The predicted molar refractivity (Wildman–Crippen MR) is 83.4 cm³/mol. The third-order valence-electron chi connectivity index (χ3n) is 4.23. The van der Waals surface area contributed by atoms with Crippen molar-refractivity contribution in [2.24, 2.45) is 5.92 Å². The quantitative estimate of drug-likeness (QED) is 0.822. The van der Waals surface area contributed by atoms with Crippen molar-refractivity contribution < 1.29 is 32.6 Å². The molecule has 2 atom stereocenters. The van der Waals surface area contributed by atoms with E-state index in [1.54, 1.807) is 6.92 Å². The molecule has 1 fully saturated rings. The minimum Gasteiger partial charge on any atom is -0.489 e. The van der Waals surface area contributed by atoms with Crippen molar-refractivity contribution >= 4 is 11.9 Å². The molecule has 1 aliphatic heterocycles. The van der Waals surface area contributed by atoms with Crippen molar-refractivity contribution in [1.29, 1.82) is 0 Å². The lowest BCUT2D eigenvalue weighted by Crippen LogP contribution is -2.38. The Labute approximate surface area is 142 Å². The van der Waals surface area contributed by atoms with E-state index in [1.165, 1.54) is 11.0 Å². The summed E-state index contributed by atoms with van der Waals surface area (Å²) in [5.41, 5.74) is -1.21. The Hall–Kier alpha value is -2.51. The van der Waals surface area contributed by atoms with Crippen LogP contribution in [0.1, 0.15) is 29.3 Å². The van der Waals surface area contributed by atoms with E-state index in [9.17, 15) is 22.8 Å². The Balaban J connectivity index is 2.39. The number of ether oxygens (including phenoxy) is 1. The molecule has 0 radical (unpaired) electrons. The highest BCUT2D eigenvalue weighted by atomic mass is 19.4. The first-order valence-electron chi connectivity index (χ1n) is 7.65. The number of carbonyl (C=O) groups excluding carboxylic acids is 1. The van der Waals surface area contributed by atoms with Crippen LogP contribution in [-0.4, -0.2) is 41.1 Å². The van der Waals surface area contributed by atoms with Gasteiger partial charge in [0.15, 0.2) is 0 Å². The first-order chi connectivity index (χ1) is 11.7. The summed E-state index contributed by atoms with van der Waals surface area (Å²) in [7, 11) is 0. The maximum absolute atomic E-state index is 13.0. The highest BCUT2D eigenvalue weighted by Gasteiger charge is 2.40. The molecule has 1 saturated heterocycles. The Morgan fingerprint density at radius 3 is 2.64 bits per heavy atom. The Kier molecular flexibility index (Phi) is 5.39. The van der Waals surface area contributed by atoms with E-state index in [0.717, 1.165) is 18.2 Å². The van der Waals surface area contributed by atoms with Gasteiger partial charge in [0, 0.05) is 12.6 Å². The zero-order chi connectivity index (χ0) is 18.8. The second kappa shape index (κ2) is 7.16. The van der Waals surface area contributed by atoms with Crippen LogP contribution in [0.4, 0.5) is 13.2 Å². The largest absolute Gasteiger partial charge is 0.489 e. The van der Waals surface area contributed by atoms with Crippen LogP contribution in [0.2, 0.25) is 0 Å². The fourth-order valence-electron chi connectivity index (χ4n) is 2.86. The summed E-state index contributed by atoms with van der Waals surface area (Å²) in [4.78, 5) is 25.2.